The number of thioether (sulfide) groups is 1. The van der Waals surface area contributed by atoms with Crippen molar-refractivity contribution in [3.63, 3.8) is 0 Å². The summed E-state index contributed by atoms with van der Waals surface area (Å²) in [6.45, 7) is 6.71. The van der Waals surface area contributed by atoms with Crippen molar-refractivity contribution in [1.29, 1.82) is 0 Å². The molecule has 1 N–H and O–H groups in total. The molecule has 0 spiro atoms. The molecule has 1 heterocycles. The van der Waals surface area contributed by atoms with Crippen molar-refractivity contribution in [2.45, 2.75) is 25.2 Å². The van der Waals surface area contributed by atoms with Gasteiger partial charge >= 0.3 is 0 Å². The van der Waals surface area contributed by atoms with Gasteiger partial charge in [0.2, 0.25) is 0 Å². The molecule has 0 amide bonds. The Morgan fingerprint density at radius 2 is 2.33 bits per heavy atom. The second-order valence-corrected chi connectivity index (χ2v) is 5.32. The van der Waals surface area contributed by atoms with Crippen LogP contribution in [0.1, 0.15) is 20.3 Å². The molecule has 86 valence electrons. The highest BCUT2D eigenvalue weighted by Gasteiger charge is 1.97. The van der Waals surface area contributed by atoms with Crippen LogP contribution < -0.4 is 5.32 Å². The Morgan fingerprint density at radius 3 is 2.93 bits per heavy atom. The van der Waals surface area contributed by atoms with Gasteiger partial charge in [0.1, 0.15) is 0 Å². The molecule has 0 aliphatic rings. The van der Waals surface area contributed by atoms with Crippen LogP contribution in [-0.4, -0.2) is 28.6 Å². The van der Waals surface area contributed by atoms with E-state index in [-0.39, 0.29) is 0 Å². The van der Waals surface area contributed by atoms with Gasteiger partial charge in [-0.2, -0.15) is 5.10 Å². The third-order valence-electron chi connectivity index (χ3n) is 2.00. The number of aryl methyl sites for hydroxylation is 1. The average molecular weight is 227 g/mol. The molecule has 0 atom stereocenters. The summed E-state index contributed by atoms with van der Waals surface area (Å²) in [6.07, 6.45) is 5.20. The van der Waals surface area contributed by atoms with E-state index in [1.165, 1.54) is 11.3 Å². The Morgan fingerprint density at radius 1 is 1.53 bits per heavy atom. The minimum Gasteiger partial charge on any atom is -0.316 e. The van der Waals surface area contributed by atoms with E-state index >= 15 is 0 Å². The minimum absolute atomic E-state index is 0.746. The lowest BCUT2D eigenvalue weighted by molar-refractivity contribution is 0.552. The molecule has 15 heavy (non-hydrogen) atoms. The molecule has 0 unspecified atom stereocenters. The zero-order chi connectivity index (χ0) is 11.1. The predicted molar refractivity (Wildman–Crippen MR) is 66.3 cm³/mol. The van der Waals surface area contributed by atoms with Gasteiger partial charge < -0.3 is 5.32 Å². The quantitative estimate of drug-likeness (QED) is 0.572. The summed E-state index contributed by atoms with van der Waals surface area (Å²) in [6, 6.07) is 0. The summed E-state index contributed by atoms with van der Waals surface area (Å²) in [5.74, 6) is 1.91. The number of nitrogens with zero attached hydrogens (tertiary/aromatic N) is 2. The molecular weight excluding hydrogens is 206 g/mol. The number of hydrogen-bond donors (Lipinski definition) is 1. The van der Waals surface area contributed by atoms with Crippen LogP contribution >= 0.6 is 11.8 Å². The lowest BCUT2D eigenvalue weighted by Crippen LogP contribution is -2.20. The lowest BCUT2D eigenvalue weighted by Gasteiger charge is -2.06. The predicted octanol–water partition coefficient (Wildman–Crippen LogP) is 2.15. The maximum atomic E-state index is 4.14. The fourth-order valence-corrected chi connectivity index (χ4v) is 2.12. The van der Waals surface area contributed by atoms with Gasteiger partial charge in [-0.25, -0.2) is 0 Å². The molecule has 0 radical (unpaired) electrons. The van der Waals surface area contributed by atoms with Crippen LogP contribution in [0.2, 0.25) is 0 Å². The van der Waals surface area contributed by atoms with E-state index < -0.39 is 0 Å². The third kappa shape index (κ3) is 5.85. The minimum atomic E-state index is 0.746. The highest BCUT2D eigenvalue weighted by Crippen LogP contribution is 2.16. The summed E-state index contributed by atoms with van der Waals surface area (Å²) in [4.78, 5) is 1.27. The third-order valence-corrected chi connectivity index (χ3v) is 3.04. The van der Waals surface area contributed by atoms with Crippen LogP contribution in [0.5, 0.6) is 0 Å². The van der Waals surface area contributed by atoms with Crippen LogP contribution in [-0.2, 0) is 7.05 Å². The monoisotopic (exact) mass is 227 g/mol. The van der Waals surface area contributed by atoms with E-state index in [9.17, 15) is 0 Å². The van der Waals surface area contributed by atoms with Crippen molar-refractivity contribution < 1.29 is 0 Å². The fraction of sp³-hybridized carbons (Fsp3) is 0.727. The van der Waals surface area contributed by atoms with Crippen molar-refractivity contribution in [3.05, 3.63) is 12.4 Å². The maximum absolute atomic E-state index is 4.14. The Kier molecular flexibility index (Phi) is 5.79. The first-order chi connectivity index (χ1) is 7.18. The van der Waals surface area contributed by atoms with E-state index in [1.54, 1.807) is 0 Å². The van der Waals surface area contributed by atoms with E-state index in [0.29, 0.717) is 0 Å². The molecule has 1 aromatic heterocycles. The molecule has 0 fully saturated rings. The summed E-state index contributed by atoms with van der Waals surface area (Å²) >= 11 is 1.88. The second-order valence-electron chi connectivity index (χ2n) is 4.15. The van der Waals surface area contributed by atoms with Gasteiger partial charge in [0, 0.05) is 18.1 Å². The number of aromatic nitrogens is 2. The average Bonchev–Trinajstić information content (AvgIpc) is 2.57. The fourth-order valence-electron chi connectivity index (χ4n) is 1.25. The molecule has 0 aliphatic heterocycles. The van der Waals surface area contributed by atoms with E-state index in [0.717, 1.165) is 24.8 Å². The first kappa shape index (κ1) is 12.6. The highest BCUT2D eigenvalue weighted by molar-refractivity contribution is 7.99. The largest absolute Gasteiger partial charge is 0.316 e. The van der Waals surface area contributed by atoms with Gasteiger partial charge in [-0.15, -0.1) is 11.8 Å². The Labute approximate surface area is 96.6 Å². The summed E-state index contributed by atoms with van der Waals surface area (Å²) < 4.78 is 1.85. The molecule has 1 rings (SSSR count). The van der Waals surface area contributed by atoms with E-state index in [1.807, 2.05) is 29.7 Å². The first-order valence-electron chi connectivity index (χ1n) is 5.50. The zero-order valence-corrected chi connectivity index (χ0v) is 10.7. The molecule has 3 nitrogen and oxygen atoms in total. The van der Waals surface area contributed by atoms with Crippen molar-refractivity contribution in [2.24, 2.45) is 13.0 Å². The lowest BCUT2D eigenvalue weighted by atomic mass is 10.2. The van der Waals surface area contributed by atoms with Gasteiger partial charge in [0.05, 0.1) is 6.20 Å². The van der Waals surface area contributed by atoms with Crippen LogP contribution in [0.4, 0.5) is 0 Å². The van der Waals surface area contributed by atoms with E-state index in [2.05, 4.69) is 30.5 Å². The first-order valence-corrected chi connectivity index (χ1v) is 6.49. The molecular formula is C11H21N3S. The molecule has 1 aromatic rings. The normalized spacial score (nSPS) is 11.2. The van der Waals surface area contributed by atoms with Crippen molar-refractivity contribution in [2.75, 3.05) is 18.8 Å². The van der Waals surface area contributed by atoms with Crippen molar-refractivity contribution in [3.8, 4) is 0 Å². The molecule has 0 saturated heterocycles. The smallest absolute Gasteiger partial charge is 0.0625 e. The van der Waals surface area contributed by atoms with E-state index in [4.69, 9.17) is 0 Å². The Hall–Kier alpha value is -0.480. The van der Waals surface area contributed by atoms with Gasteiger partial charge in [-0.3, -0.25) is 4.68 Å². The Bertz CT molecular complexity index is 271. The second kappa shape index (κ2) is 6.90. The molecule has 0 saturated carbocycles. The molecule has 0 aromatic carbocycles. The Balaban J connectivity index is 1.98. The summed E-state index contributed by atoms with van der Waals surface area (Å²) in [5.41, 5.74) is 0. The number of nitrogens with one attached hydrogen (secondary N) is 1. The number of hydrogen-bond acceptors (Lipinski definition) is 3. The zero-order valence-electron chi connectivity index (χ0n) is 9.86. The summed E-state index contributed by atoms with van der Waals surface area (Å²) in [5, 5.41) is 7.58. The molecule has 0 bridgehead atoms. The van der Waals surface area contributed by atoms with Crippen molar-refractivity contribution in [1.82, 2.24) is 15.1 Å². The van der Waals surface area contributed by atoms with Gasteiger partial charge in [0.15, 0.2) is 0 Å². The molecule has 0 aliphatic carbocycles. The van der Waals surface area contributed by atoms with Crippen LogP contribution in [0.15, 0.2) is 17.3 Å². The van der Waals surface area contributed by atoms with Gasteiger partial charge in [0.25, 0.3) is 0 Å². The van der Waals surface area contributed by atoms with Crippen LogP contribution in [0.3, 0.4) is 0 Å². The van der Waals surface area contributed by atoms with Crippen LogP contribution in [0.25, 0.3) is 0 Å². The topological polar surface area (TPSA) is 29.9 Å². The SMILES string of the molecule is CC(C)CNCCCSc1cnn(C)c1. The van der Waals surface area contributed by atoms with Crippen LogP contribution in [0, 0.1) is 5.92 Å². The standard InChI is InChI=1S/C11H21N3S/c1-10(2)7-12-5-4-6-15-11-8-13-14(3)9-11/h8-10,12H,4-7H2,1-3H3. The summed E-state index contributed by atoms with van der Waals surface area (Å²) in [7, 11) is 1.95. The van der Waals surface area contributed by atoms with Crippen molar-refractivity contribution >= 4 is 11.8 Å². The highest BCUT2D eigenvalue weighted by atomic mass is 32.2. The van der Waals surface area contributed by atoms with Gasteiger partial charge in [-0.1, -0.05) is 13.8 Å². The number of rotatable bonds is 7. The molecule has 4 heteroatoms. The maximum Gasteiger partial charge on any atom is 0.0625 e. The van der Waals surface area contributed by atoms with Gasteiger partial charge in [-0.05, 0) is 31.2 Å².